The fourth-order valence-electron chi connectivity index (χ4n) is 1.49. The SMILES string of the molecule is Cc1ccc(C(N)=S)cc1NS(=O)(=O)CCC(C)C. The Hall–Kier alpha value is -1.14. The van der Waals surface area contributed by atoms with Crippen LogP contribution in [0.2, 0.25) is 0 Å². The molecule has 106 valence electrons. The van der Waals surface area contributed by atoms with Crippen LogP contribution in [0.25, 0.3) is 0 Å². The molecule has 0 unspecified atom stereocenters. The summed E-state index contributed by atoms with van der Waals surface area (Å²) in [5, 5.41) is 0. The van der Waals surface area contributed by atoms with Crippen LogP contribution in [0, 0.1) is 12.8 Å². The fourth-order valence-corrected chi connectivity index (χ4v) is 3.06. The number of hydrogen-bond donors (Lipinski definition) is 2. The van der Waals surface area contributed by atoms with Crippen molar-refractivity contribution in [3.8, 4) is 0 Å². The third-order valence-corrected chi connectivity index (χ3v) is 4.29. The van der Waals surface area contributed by atoms with Crippen LogP contribution in [-0.2, 0) is 10.0 Å². The van der Waals surface area contributed by atoms with Gasteiger partial charge < -0.3 is 5.73 Å². The van der Waals surface area contributed by atoms with Crippen molar-refractivity contribution in [2.45, 2.75) is 27.2 Å². The second-order valence-corrected chi connectivity index (χ2v) is 7.28. The maximum absolute atomic E-state index is 12.0. The molecule has 1 aromatic carbocycles. The van der Waals surface area contributed by atoms with E-state index in [-0.39, 0.29) is 10.7 Å². The molecule has 0 spiro atoms. The maximum Gasteiger partial charge on any atom is 0.232 e. The molecule has 0 saturated heterocycles. The van der Waals surface area contributed by atoms with E-state index in [1.54, 1.807) is 18.2 Å². The molecule has 0 amide bonds. The van der Waals surface area contributed by atoms with E-state index in [0.717, 1.165) is 5.56 Å². The number of thiocarbonyl (C=S) groups is 1. The van der Waals surface area contributed by atoms with Gasteiger partial charge in [0.15, 0.2) is 0 Å². The minimum atomic E-state index is -3.33. The summed E-state index contributed by atoms with van der Waals surface area (Å²) >= 11 is 4.89. The van der Waals surface area contributed by atoms with Gasteiger partial charge in [-0.25, -0.2) is 8.42 Å². The first-order valence-electron chi connectivity index (χ1n) is 6.12. The van der Waals surface area contributed by atoms with Gasteiger partial charge in [0, 0.05) is 5.56 Å². The Labute approximate surface area is 120 Å². The highest BCUT2D eigenvalue weighted by Gasteiger charge is 2.13. The fraction of sp³-hybridized carbons (Fsp3) is 0.462. The molecule has 0 fully saturated rings. The molecule has 0 bridgehead atoms. The zero-order valence-corrected chi connectivity index (χ0v) is 13.1. The van der Waals surface area contributed by atoms with Gasteiger partial charge in [-0.05, 0) is 30.9 Å². The van der Waals surface area contributed by atoms with Gasteiger partial charge in [-0.1, -0.05) is 38.2 Å². The summed E-state index contributed by atoms with van der Waals surface area (Å²) in [7, 11) is -3.33. The van der Waals surface area contributed by atoms with E-state index in [2.05, 4.69) is 4.72 Å². The van der Waals surface area contributed by atoms with Gasteiger partial charge >= 0.3 is 0 Å². The van der Waals surface area contributed by atoms with Crippen molar-refractivity contribution in [1.82, 2.24) is 0 Å². The van der Waals surface area contributed by atoms with Gasteiger partial charge in [-0.2, -0.15) is 0 Å². The average molecular weight is 300 g/mol. The van der Waals surface area contributed by atoms with Crippen LogP contribution in [0.5, 0.6) is 0 Å². The van der Waals surface area contributed by atoms with Gasteiger partial charge in [0.2, 0.25) is 10.0 Å². The standard InChI is InChI=1S/C13H20N2O2S2/c1-9(2)6-7-19(16,17)15-12-8-11(13(14)18)5-4-10(12)3/h4-5,8-9,15H,6-7H2,1-3H3,(H2,14,18). The highest BCUT2D eigenvalue weighted by Crippen LogP contribution is 2.19. The topological polar surface area (TPSA) is 72.2 Å². The lowest BCUT2D eigenvalue weighted by Crippen LogP contribution is -2.19. The molecule has 1 rings (SSSR count). The molecule has 0 aliphatic carbocycles. The number of nitrogens with one attached hydrogen (secondary N) is 1. The van der Waals surface area contributed by atoms with Gasteiger partial charge in [0.05, 0.1) is 11.4 Å². The van der Waals surface area contributed by atoms with Crippen molar-refractivity contribution in [3.05, 3.63) is 29.3 Å². The monoisotopic (exact) mass is 300 g/mol. The van der Waals surface area contributed by atoms with Gasteiger partial charge in [0.25, 0.3) is 0 Å². The number of hydrogen-bond acceptors (Lipinski definition) is 3. The zero-order chi connectivity index (χ0) is 14.6. The predicted octanol–water partition coefficient (Wildman–Crippen LogP) is 2.42. The third-order valence-electron chi connectivity index (χ3n) is 2.75. The van der Waals surface area contributed by atoms with Crippen molar-refractivity contribution < 1.29 is 8.42 Å². The lowest BCUT2D eigenvalue weighted by Gasteiger charge is -2.12. The molecule has 3 N–H and O–H groups in total. The second-order valence-electron chi connectivity index (χ2n) is 5.00. The molecular formula is C13H20N2O2S2. The van der Waals surface area contributed by atoms with Crippen LogP contribution < -0.4 is 10.5 Å². The Morgan fingerprint density at radius 3 is 2.58 bits per heavy atom. The van der Waals surface area contributed by atoms with Crippen LogP contribution in [0.1, 0.15) is 31.4 Å². The van der Waals surface area contributed by atoms with Crippen LogP contribution >= 0.6 is 12.2 Å². The molecule has 0 radical (unpaired) electrons. The zero-order valence-electron chi connectivity index (χ0n) is 11.4. The number of nitrogens with two attached hydrogens (primary N) is 1. The Bertz CT molecular complexity index is 566. The van der Waals surface area contributed by atoms with Gasteiger partial charge in [-0.3, -0.25) is 4.72 Å². The molecule has 1 aromatic rings. The highest BCUT2D eigenvalue weighted by atomic mass is 32.2. The summed E-state index contributed by atoms with van der Waals surface area (Å²) in [4.78, 5) is 0.252. The molecule has 4 nitrogen and oxygen atoms in total. The normalized spacial score (nSPS) is 11.6. The molecule has 0 aromatic heterocycles. The largest absolute Gasteiger partial charge is 0.389 e. The second kappa shape index (κ2) is 6.34. The van der Waals surface area contributed by atoms with Crippen LogP contribution in [-0.4, -0.2) is 19.2 Å². The number of anilines is 1. The Morgan fingerprint density at radius 1 is 1.42 bits per heavy atom. The minimum absolute atomic E-state index is 0.113. The van der Waals surface area contributed by atoms with Crippen molar-refractivity contribution in [3.63, 3.8) is 0 Å². The average Bonchev–Trinajstić information content (AvgIpc) is 2.29. The molecule has 19 heavy (non-hydrogen) atoms. The lowest BCUT2D eigenvalue weighted by molar-refractivity contribution is 0.578. The summed E-state index contributed by atoms with van der Waals surface area (Å²) in [5.74, 6) is 0.460. The lowest BCUT2D eigenvalue weighted by atomic mass is 10.1. The Balaban J connectivity index is 2.92. The van der Waals surface area contributed by atoms with E-state index in [0.29, 0.717) is 23.6 Å². The highest BCUT2D eigenvalue weighted by molar-refractivity contribution is 7.92. The number of benzene rings is 1. The number of aryl methyl sites for hydroxylation is 1. The molecule has 6 heteroatoms. The van der Waals surface area contributed by atoms with Crippen molar-refractivity contribution in [2.24, 2.45) is 11.7 Å². The van der Waals surface area contributed by atoms with E-state index < -0.39 is 10.0 Å². The molecular weight excluding hydrogens is 280 g/mol. The van der Waals surface area contributed by atoms with Gasteiger partial charge in [-0.15, -0.1) is 0 Å². The quantitative estimate of drug-likeness (QED) is 0.791. The predicted molar refractivity (Wildman–Crippen MR) is 83.9 cm³/mol. The van der Waals surface area contributed by atoms with E-state index in [1.807, 2.05) is 20.8 Å². The van der Waals surface area contributed by atoms with Crippen LogP contribution in [0.4, 0.5) is 5.69 Å². The first-order valence-corrected chi connectivity index (χ1v) is 8.18. The van der Waals surface area contributed by atoms with Crippen LogP contribution in [0.3, 0.4) is 0 Å². The first-order chi connectivity index (χ1) is 8.71. The van der Waals surface area contributed by atoms with Crippen molar-refractivity contribution >= 4 is 32.9 Å². The van der Waals surface area contributed by atoms with E-state index >= 15 is 0 Å². The summed E-state index contributed by atoms with van der Waals surface area (Å²) in [6.07, 6.45) is 0.628. The van der Waals surface area contributed by atoms with E-state index in [1.165, 1.54) is 0 Å². The molecule has 0 heterocycles. The smallest absolute Gasteiger partial charge is 0.232 e. The van der Waals surface area contributed by atoms with E-state index in [9.17, 15) is 8.42 Å². The summed E-state index contributed by atoms with van der Waals surface area (Å²) in [6.45, 7) is 5.83. The third kappa shape index (κ3) is 5.16. The van der Waals surface area contributed by atoms with Crippen LogP contribution in [0.15, 0.2) is 18.2 Å². The molecule has 0 saturated carbocycles. The van der Waals surface area contributed by atoms with Crippen molar-refractivity contribution in [2.75, 3.05) is 10.5 Å². The van der Waals surface area contributed by atoms with E-state index in [4.69, 9.17) is 18.0 Å². The molecule has 0 aliphatic heterocycles. The molecule has 0 aliphatic rings. The minimum Gasteiger partial charge on any atom is -0.389 e. The Kier molecular flexibility index (Phi) is 5.31. The molecule has 0 atom stereocenters. The Morgan fingerprint density at radius 2 is 2.05 bits per heavy atom. The van der Waals surface area contributed by atoms with Crippen molar-refractivity contribution in [1.29, 1.82) is 0 Å². The summed E-state index contributed by atoms with van der Waals surface area (Å²) in [5.41, 5.74) is 7.58. The summed E-state index contributed by atoms with van der Waals surface area (Å²) < 4.78 is 26.5. The number of sulfonamides is 1. The first kappa shape index (κ1) is 15.9. The maximum atomic E-state index is 12.0. The van der Waals surface area contributed by atoms with Gasteiger partial charge in [0.1, 0.15) is 4.99 Å². The summed E-state index contributed by atoms with van der Waals surface area (Å²) in [6, 6.07) is 5.25. The number of rotatable bonds is 6.